The van der Waals surface area contributed by atoms with Crippen molar-refractivity contribution in [2.24, 2.45) is 0 Å². The fraction of sp³-hybridized carbons (Fsp3) is 0.438. The molecule has 1 N–H and O–H groups in total. The zero-order valence-corrected chi connectivity index (χ0v) is 12.9. The van der Waals surface area contributed by atoms with Crippen LogP contribution in [-0.2, 0) is 13.0 Å². The molecule has 6 heteroatoms. The van der Waals surface area contributed by atoms with Gasteiger partial charge in [-0.05, 0) is 31.9 Å². The third kappa shape index (κ3) is 3.10. The van der Waals surface area contributed by atoms with Gasteiger partial charge >= 0.3 is 6.03 Å². The van der Waals surface area contributed by atoms with Crippen molar-refractivity contribution < 1.29 is 9.32 Å². The van der Waals surface area contributed by atoms with Crippen LogP contribution in [0.3, 0.4) is 0 Å². The largest absolute Gasteiger partial charge is 0.359 e. The maximum atomic E-state index is 12.6. The molecule has 0 radical (unpaired) electrons. The van der Waals surface area contributed by atoms with Crippen LogP contribution in [0.25, 0.3) is 0 Å². The Kier molecular flexibility index (Phi) is 4.09. The molecule has 0 atom stereocenters. The van der Waals surface area contributed by atoms with Crippen molar-refractivity contribution in [2.75, 3.05) is 5.32 Å². The molecule has 0 unspecified atom stereocenters. The van der Waals surface area contributed by atoms with Crippen LogP contribution in [0.2, 0.25) is 0 Å². The third-order valence-electron chi connectivity index (χ3n) is 3.79. The first-order chi connectivity index (χ1) is 10.7. The first-order valence-corrected chi connectivity index (χ1v) is 7.61. The van der Waals surface area contributed by atoms with Gasteiger partial charge in [0.2, 0.25) is 0 Å². The van der Waals surface area contributed by atoms with Crippen LogP contribution >= 0.6 is 0 Å². The Morgan fingerprint density at radius 3 is 2.91 bits per heavy atom. The summed E-state index contributed by atoms with van der Waals surface area (Å²) in [6.45, 7) is 4.32. The van der Waals surface area contributed by atoms with Gasteiger partial charge in [0.05, 0.1) is 12.2 Å². The highest BCUT2D eigenvalue weighted by molar-refractivity contribution is 5.90. The Bertz CT molecular complexity index is 649. The number of anilines is 1. The van der Waals surface area contributed by atoms with Crippen molar-refractivity contribution in [1.29, 1.82) is 0 Å². The van der Waals surface area contributed by atoms with Crippen molar-refractivity contribution in [3.05, 3.63) is 41.5 Å². The van der Waals surface area contributed by atoms with Crippen LogP contribution in [0.1, 0.15) is 36.9 Å². The highest BCUT2D eigenvalue weighted by atomic mass is 16.5. The second kappa shape index (κ2) is 6.17. The smallest absolute Gasteiger partial charge is 0.322 e. The van der Waals surface area contributed by atoms with Gasteiger partial charge in [-0.3, -0.25) is 4.98 Å². The fourth-order valence-corrected chi connectivity index (χ4v) is 2.42. The molecule has 2 aromatic rings. The molecule has 3 rings (SSSR count). The van der Waals surface area contributed by atoms with Crippen LogP contribution in [0, 0.1) is 6.92 Å². The molecule has 1 saturated carbocycles. The molecule has 0 saturated heterocycles. The molecule has 0 bridgehead atoms. The highest BCUT2D eigenvalue weighted by Gasteiger charge is 2.33. The van der Waals surface area contributed by atoms with Crippen LogP contribution in [0.5, 0.6) is 0 Å². The minimum Gasteiger partial charge on any atom is -0.359 e. The number of aryl methyl sites for hydroxylation is 2. The van der Waals surface area contributed by atoms with Crippen molar-refractivity contribution in [3.63, 3.8) is 0 Å². The summed E-state index contributed by atoms with van der Waals surface area (Å²) in [6, 6.07) is 5.93. The number of pyridine rings is 1. The second-order valence-electron chi connectivity index (χ2n) is 5.53. The third-order valence-corrected chi connectivity index (χ3v) is 3.79. The lowest BCUT2D eigenvalue weighted by Crippen LogP contribution is -2.36. The number of hydrogen-bond donors (Lipinski definition) is 1. The molecule has 1 aliphatic carbocycles. The van der Waals surface area contributed by atoms with Gasteiger partial charge in [-0.25, -0.2) is 4.79 Å². The van der Waals surface area contributed by atoms with E-state index < -0.39 is 0 Å². The standard InChI is InChI=1S/C16H20N4O2/c1-3-14-15(11(2)19-22-14)18-16(21)20(13-7-8-13)10-12-6-4-5-9-17-12/h4-6,9,13H,3,7-8,10H2,1-2H3,(H,18,21). The number of hydrogen-bond acceptors (Lipinski definition) is 4. The highest BCUT2D eigenvalue weighted by Crippen LogP contribution is 2.29. The van der Waals surface area contributed by atoms with Gasteiger partial charge in [0, 0.05) is 18.7 Å². The number of aromatic nitrogens is 2. The number of amides is 2. The summed E-state index contributed by atoms with van der Waals surface area (Å²) in [7, 11) is 0. The van der Waals surface area contributed by atoms with Crippen LogP contribution in [0.15, 0.2) is 28.9 Å². The predicted molar refractivity (Wildman–Crippen MR) is 82.4 cm³/mol. The maximum Gasteiger partial charge on any atom is 0.322 e. The molecular weight excluding hydrogens is 280 g/mol. The molecule has 6 nitrogen and oxygen atoms in total. The van der Waals surface area contributed by atoms with Gasteiger partial charge in [-0.1, -0.05) is 18.1 Å². The van der Waals surface area contributed by atoms with E-state index in [9.17, 15) is 4.79 Å². The minimum atomic E-state index is -0.117. The fourth-order valence-electron chi connectivity index (χ4n) is 2.42. The Hall–Kier alpha value is -2.37. The van der Waals surface area contributed by atoms with Gasteiger partial charge < -0.3 is 14.7 Å². The van der Waals surface area contributed by atoms with E-state index in [0.29, 0.717) is 36.1 Å². The number of carbonyl (C=O) groups excluding carboxylic acids is 1. The van der Waals surface area contributed by atoms with E-state index in [1.807, 2.05) is 36.9 Å². The summed E-state index contributed by atoms with van der Waals surface area (Å²) in [5, 5.41) is 6.88. The van der Waals surface area contributed by atoms with E-state index in [1.165, 1.54) is 0 Å². The van der Waals surface area contributed by atoms with Gasteiger partial charge in [-0.15, -0.1) is 0 Å². The van der Waals surface area contributed by atoms with Gasteiger partial charge in [-0.2, -0.15) is 0 Å². The Morgan fingerprint density at radius 1 is 1.45 bits per heavy atom. The van der Waals surface area contributed by atoms with E-state index in [1.54, 1.807) is 6.20 Å². The second-order valence-corrected chi connectivity index (χ2v) is 5.53. The van der Waals surface area contributed by atoms with Crippen LogP contribution in [0.4, 0.5) is 10.5 Å². The first kappa shape index (κ1) is 14.6. The molecule has 22 heavy (non-hydrogen) atoms. The predicted octanol–water partition coefficient (Wildman–Crippen LogP) is 3.14. The number of rotatable bonds is 5. The lowest BCUT2D eigenvalue weighted by molar-refractivity contribution is 0.205. The van der Waals surface area contributed by atoms with Gasteiger partial charge in [0.15, 0.2) is 5.76 Å². The monoisotopic (exact) mass is 300 g/mol. The summed E-state index contributed by atoms with van der Waals surface area (Å²) >= 11 is 0. The normalized spacial score (nSPS) is 13.9. The van der Waals surface area contributed by atoms with Crippen molar-refractivity contribution in [1.82, 2.24) is 15.0 Å². The summed E-state index contributed by atoms with van der Waals surface area (Å²) < 4.78 is 5.22. The molecular formula is C16H20N4O2. The lowest BCUT2D eigenvalue weighted by Gasteiger charge is -2.22. The average Bonchev–Trinajstić information content (AvgIpc) is 3.31. The summed E-state index contributed by atoms with van der Waals surface area (Å²) in [5.74, 6) is 0.708. The van der Waals surface area contributed by atoms with E-state index in [4.69, 9.17) is 4.52 Å². The van der Waals surface area contributed by atoms with Gasteiger partial charge in [0.1, 0.15) is 11.4 Å². The van der Waals surface area contributed by atoms with E-state index in [2.05, 4.69) is 15.5 Å². The molecule has 2 heterocycles. The zero-order chi connectivity index (χ0) is 15.5. The van der Waals surface area contributed by atoms with E-state index in [0.717, 1.165) is 18.5 Å². The molecule has 1 aliphatic rings. The summed E-state index contributed by atoms with van der Waals surface area (Å²) in [5.41, 5.74) is 2.29. The Balaban J connectivity index is 1.74. The molecule has 2 aromatic heterocycles. The Morgan fingerprint density at radius 2 is 2.27 bits per heavy atom. The molecule has 0 aromatic carbocycles. The Labute approximate surface area is 129 Å². The summed E-state index contributed by atoms with van der Waals surface area (Å²) in [4.78, 5) is 18.8. The number of urea groups is 1. The molecule has 2 amide bonds. The SMILES string of the molecule is CCc1onc(C)c1NC(=O)N(Cc1ccccn1)C1CC1. The number of carbonyl (C=O) groups is 1. The molecule has 0 spiro atoms. The zero-order valence-electron chi connectivity index (χ0n) is 12.9. The topological polar surface area (TPSA) is 71.3 Å². The minimum absolute atomic E-state index is 0.117. The summed E-state index contributed by atoms with van der Waals surface area (Å²) in [6.07, 6.45) is 4.53. The van der Waals surface area contributed by atoms with E-state index >= 15 is 0 Å². The molecule has 116 valence electrons. The van der Waals surface area contributed by atoms with E-state index in [-0.39, 0.29) is 6.03 Å². The van der Waals surface area contributed by atoms with Crippen LogP contribution in [-0.4, -0.2) is 27.1 Å². The number of nitrogens with one attached hydrogen (secondary N) is 1. The average molecular weight is 300 g/mol. The quantitative estimate of drug-likeness (QED) is 0.920. The van der Waals surface area contributed by atoms with Crippen molar-refractivity contribution in [2.45, 2.75) is 45.7 Å². The first-order valence-electron chi connectivity index (χ1n) is 7.61. The van der Waals surface area contributed by atoms with Crippen LogP contribution < -0.4 is 5.32 Å². The molecule has 0 aliphatic heterocycles. The van der Waals surface area contributed by atoms with Gasteiger partial charge in [0.25, 0.3) is 0 Å². The van der Waals surface area contributed by atoms with Crippen molar-refractivity contribution >= 4 is 11.7 Å². The molecule has 1 fully saturated rings. The maximum absolute atomic E-state index is 12.6. The lowest BCUT2D eigenvalue weighted by atomic mass is 10.2. The number of nitrogens with zero attached hydrogens (tertiary/aromatic N) is 3. The van der Waals surface area contributed by atoms with Crippen molar-refractivity contribution in [3.8, 4) is 0 Å².